The van der Waals surface area contributed by atoms with E-state index in [0.29, 0.717) is 0 Å². The highest BCUT2D eigenvalue weighted by Crippen LogP contribution is 2.34. The minimum absolute atomic E-state index is 0.0708. The van der Waals surface area contributed by atoms with E-state index in [1.807, 2.05) is 0 Å². The van der Waals surface area contributed by atoms with Gasteiger partial charge in [0.05, 0.1) is 9.95 Å². The average molecular weight is 231 g/mol. The van der Waals surface area contributed by atoms with E-state index in [-0.39, 0.29) is 29.1 Å². The van der Waals surface area contributed by atoms with Gasteiger partial charge in [-0.1, -0.05) is 17.7 Å². The summed E-state index contributed by atoms with van der Waals surface area (Å²) in [7, 11) is 0. The molecule has 0 aliphatic rings. The SMILES string of the molecule is CC(N)COc1c(Cl)cccc1[N+](=O)[O-]. The van der Waals surface area contributed by atoms with Crippen LogP contribution in [0.25, 0.3) is 0 Å². The number of hydrogen-bond acceptors (Lipinski definition) is 4. The highest BCUT2D eigenvalue weighted by molar-refractivity contribution is 6.32. The number of ether oxygens (including phenoxy) is 1. The highest BCUT2D eigenvalue weighted by atomic mass is 35.5. The van der Waals surface area contributed by atoms with Crippen molar-refractivity contribution in [3.8, 4) is 5.75 Å². The molecule has 0 aliphatic heterocycles. The van der Waals surface area contributed by atoms with E-state index in [1.54, 1.807) is 6.92 Å². The van der Waals surface area contributed by atoms with Gasteiger partial charge < -0.3 is 10.5 Å². The quantitative estimate of drug-likeness (QED) is 0.634. The zero-order chi connectivity index (χ0) is 11.4. The molecule has 82 valence electrons. The summed E-state index contributed by atoms with van der Waals surface area (Å²) in [4.78, 5) is 10.1. The Kier molecular flexibility index (Phi) is 3.88. The molecule has 1 aromatic rings. The second kappa shape index (κ2) is 4.95. The Morgan fingerprint density at radius 2 is 2.33 bits per heavy atom. The van der Waals surface area contributed by atoms with Gasteiger partial charge >= 0.3 is 5.69 Å². The van der Waals surface area contributed by atoms with Gasteiger partial charge in [-0.05, 0) is 13.0 Å². The van der Waals surface area contributed by atoms with Gasteiger partial charge in [0.25, 0.3) is 0 Å². The second-order valence-corrected chi connectivity index (χ2v) is 3.54. The lowest BCUT2D eigenvalue weighted by atomic mass is 10.3. The Morgan fingerprint density at radius 3 is 2.87 bits per heavy atom. The van der Waals surface area contributed by atoms with Crippen LogP contribution in [-0.2, 0) is 0 Å². The molecule has 15 heavy (non-hydrogen) atoms. The summed E-state index contributed by atoms with van der Waals surface area (Å²) in [6, 6.07) is 4.16. The molecule has 5 nitrogen and oxygen atoms in total. The summed E-state index contributed by atoms with van der Waals surface area (Å²) in [5, 5.41) is 10.9. The Balaban J connectivity index is 2.97. The highest BCUT2D eigenvalue weighted by Gasteiger charge is 2.18. The van der Waals surface area contributed by atoms with E-state index in [2.05, 4.69) is 0 Å². The van der Waals surface area contributed by atoms with Gasteiger partial charge in [-0.25, -0.2) is 0 Å². The third kappa shape index (κ3) is 3.07. The maximum atomic E-state index is 10.7. The molecule has 6 heteroatoms. The predicted octanol–water partition coefficient (Wildman–Crippen LogP) is 1.97. The van der Waals surface area contributed by atoms with Crippen molar-refractivity contribution in [1.29, 1.82) is 0 Å². The second-order valence-electron chi connectivity index (χ2n) is 3.13. The van der Waals surface area contributed by atoms with Crippen molar-refractivity contribution in [3.63, 3.8) is 0 Å². The molecule has 1 rings (SSSR count). The van der Waals surface area contributed by atoms with Gasteiger partial charge in [-0.2, -0.15) is 0 Å². The molecule has 0 fully saturated rings. The fourth-order valence-corrected chi connectivity index (χ4v) is 1.22. The molecule has 2 N–H and O–H groups in total. The maximum Gasteiger partial charge on any atom is 0.312 e. The first kappa shape index (κ1) is 11.7. The van der Waals surface area contributed by atoms with E-state index in [0.717, 1.165) is 0 Å². The Labute approximate surface area is 91.9 Å². The van der Waals surface area contributed by atoms with Crippen molar-refractivity contribution < 1.29 is 9.66 Å². The normalized spacial score (nSPS) is 12.2. The van der Waals surface area contributed by atoms with Crippen LogP contribution in [0.1, 0.15) is 6.92 Å². The van der Waals surface area contributed by atoms with Gasteiger partial charge in [0.2, 0.25) is 5.75 Å². The molecule has 0 aromatic heterocycles. The monoisotopic (exact) mass is 230 g/mol. The van der Waals surface area contributed by atoms with Crippen LogP contribution in [0, 0.1) is 10.1 Å². The lowest BCUT2D eigenvalue weighted by molar-refractivity contribution is -0.385. The Bertz CT molecular complexity index is 368. The van der Waals surface area contributed by atoms with Crippen LogP contribution >= 0.6 is 11.6 Å². The van der Waals surface area contributed by atoms with Crippen molar-refractivity contribution in [2.24, 2.45) is 5.73 Å². The van der Waals surface area contributed by atoms with Crippen LogP contribution in [0.3, 0.4) is 0 Å². The average Bonchev–Trinajstić information content (AvgIpc) is 2.15. The Morgan fingerprint density at radius 1 is 1.67 bits per heavy atom. The molecule has 1 unspecified atom stereocenters. The third-order valence-corrected chi connectivity index (χ3v) is 1.93. The molecule has 0 amide bonds. The first-order chi connectivity index (χ1) is 7.02. The summed E-state index contributed by atoms with van der Waals surface area (Å²) in [6.07, 6.45) is 0. The zero-order valence-electron chi connectivity index (χ0n) is 8.14. The molecular formula is C9H11ClN2O3. The third-order valence-electron chi connectivity index (χ3n) is 1.63. The molecule has 0 saturated carbocycles. The minimum Gasteiger partial charge on any atom is -0.484 e. The lowest BCUT2D eigenvalue weighted by Crippen LogP contribution is -2.23. The summed E-state index contributed by atoms with van der Waals surface area (Å²) in [5.74, 6) is 0.0708. The molecule has 0 radical (unpaired) electrons. The number of para-hydroxylation sites is 1. The molecular weight excluding hydrogens is 220 g/mol. The van der Waals surface area contributed by atoms with Crippen LogP contribution in [0.15, 0.2) is 18.2 Å². The van der Waals surface area contributed by atoms with Crippen LogP contribution in [-0.4, -0.2) is 17.6 Å². The van der Waals surface area contributed by atoms with E-state index in [4.69, 9.17) is 22.1 Å². The van der Waals surface area contributed by atoms with Gasteiger partial charge in [0, 0.05) is 12.1 Å². The fraction of sp³-hybridized carbons (Fsp3) is 0.333. The largest absolute Gasteiger partial charge is 0.484 e. The molecule has 0 saturated heterocycles. The minimum atomic E-state index is -0.539. The number of nitro groups is 1. The maximum absolute atomic E-state index is 10.7. The number of nitro benzene ring substituents is 1. The zero-order valence-corrected chi connectivity index (χ0v) is 8.90. The topological polar surface area (TPSA) is 78.4 Å². The molecule has 0 aliphatic carbocycles. The molecule has 1 atom stereocenters. The van der Waals surface area contributed by atoms with Crippen molar-refractivity contribution in [3.05, 3.63) is 33.3 Å². The van der Waals surface area contributed by atoms with Crippen molar-refractivity contribution in [1.82, 2.24) is 0 Å². The predicted molar refractivity (Wildman–Crippen MR) is 57.3 cm³/mol. The molecule has 0 spiro atoms. The van der Waals surface area contributed by atoms with E-state index in [9.17, 15) is 10.1 Å². The first-order valence-corrected chi connectivity index (χ1v) is 4.71. The van der Waals surface area contributed by atoms with E-state index in [1.165, 1.54) is 18.2 Å². The summed E-state index contributed by atoms with van der Waals surface area (Å²) >= 11 is 5.79. The van der Waals surface area contributed by atoms with Gasteiger partial charge in [-0.15, -0.1) is 0 Å². The number of nitrogens with two attached hydrogens (primary N) is 1. The van der Waals surface area contributed by atoms with Crippen molar-refractivity contribution in [2.75, 3.05) is 6.61 Å². The summed E-state index contributed by atoms with van der Waals surface area (Å²) in [5.41, 5.74) is 5.33. The molecule has 1 aromatic carbocycles. The van der Waals surface area contributed by atoms with Crippen molar-refractivity contribution in [2.45, 2.75) is 13.0 Å². The number of rotatable bonds is 4. The molecule has 0 bridgehead atoms. The smallest absolute Gasteiger partial charge is 0.312 e. The number of halogens is 1. The van der Waals surface area contributed by atoms with Gasteiger partial charge in [0.1, 0.15) is 6.61 Å². The summed E-state index contributed by atoms with van der Waals surface area (Å²) < 4.78 is 5.19. The van der Waals surface area contributed by atoms with Crippen LogP contribution in [0.4, 0.5) is 5.69 Å². The number of hydrogen-bond donors (Lipinski definition) is 1. The Hall–Kier alpha value is -1.33. The lowest BCUT2D eigenvalue weighted by Gasteiger charge is -2.09. The van der Waals surface area contributed by atoms with Crippen LogP contribution in [0.5, 0.6) is 5.75 Å². The van der Waals surface area contributed by atoms with Crippen LogP contribution in [0.2, 0.25) is 5.02 Å². The number of nitrogens with zero attached hydrogens (tertiary/aromatic N) is 1. The van der Waals surface area contributed by atoms with Crippen molar-refractivity contribution >= 4 is 17.3 Å². The van der Waals surface area contributed by atoms with Gasteiger partial charge in [0.15, 0.2) is 0 Å². The number of benzene rings is 1. The van der Waals surface area contributed by atoms with Crippen LogP contribution < -0.4 is 10.5 Å². The summed E-state index contributed by atoms with van der Waals surface area (Å²) in [6.45, 7) is 1.92. The first-order valence-electron chi connectivity index (χ1n) is 4.33. The van der Waals surface area contributed by atoms with Gasteiger partial charge in [-0.3, -0.25) is 10.1 Å². The molecule has 0 heterocycles. The fourth-order valence-electron chi connectivity index (χ4n) is 0.999. The standard InChI is InChI=1S/C9H11ClN2O3/c1-6(11)5-15-9-7(10)3-2-4-8(9)12(13)14/h2-4,6H,5,11H2,1H3. The van der Waals surface area contributed by atoms with E-state index >= 15 is 0 Å². The van der Waals surface area contributed by atoms with E-state index < -0.39 is 4.92 Å².